The van der Waals surface area contributed by atoms with Gasteiger partial charge in [0.15, 0.2) is 0 Å². The van der Waals surface area contributed by atoms with Gasteiger partial charge in [0.25, 0.3) is 0 Å². The molecule has 0 aliphatic rings. The molecule has 4 heteroatoms. The molecule has 1 aromatic heterocycles. The van der Waals surface area contributed by atoms with Crippen LogP contribution in [0.5, 0.6) is 5.75 Å². The summed E-state index contributed by atoms with van der Waals surface area (Å²) in [4.78, 5) is 2.24. The van der Waals surface area contributed by atoms with Gasteiger partial charge in [-0.2, -0.15) is 0 Å². The maximum Gasteiger partial charge on any atom is 0.120 e. The first kappa shape index (κ1) is 15.6. The summed E-state index contributed by atoms with van der Waals surface area (Å²) < 4.78 is 11.0. The average molecular weight is 288 g/mol. The van der Waals surface area contributed by atoms with E-state index in [2.05, 4.69) is 42.4 Å². The standard InChI is InChI=1S/C17H24N2O2/c1-13-9-16(21-17(13)10-18-2)12-19(3)11-14-5-7-15(20-4)8-6-14/h5-9,18H,10-12H2,1-4H3. The molecule has 4 nitrogen and oxygen atoms in total. The van der Waals surface area contributed by atoms with Crippen molar-refractivity contribution in [3.05, 3.63) is 53.0 Å². The van der Waals surface area contributed by atoms with Gasteiger partial charge in [0.2, 0.25) is 0 Å². The normalized spacial score (nSPS) is 11.1. The van der Waals surface area contributed by atoms with Crippen LogP contribution in [-0.4, -0.2) is 26.1 Å². The van der Waals surface area contributed by atoms with E-state index in [1.165, 1.54) is 11.1 Å². The first-order valence-electron chi connectivity index (χ1n) is 7.16. The summed E-state index contributed by atoms with van der Waals surface area (Å²) in [5.74, 6) is 2.92. The fraction of sp³-hybridized carbons (Fsp3) is 0.412. The number of furan rings is 1. The van der Waals surface area contributed by atoms with E-state index in [4.69, 9.17) is 9.15 Å². The minimum absolute atomic E-state index is 0.772. The van der Waals surface area contributed by atoms with Crippen LogP contribution in [0, 0.1) is 6.92 Å². The second kappa shape index (κ2) is 7.29. The molecule has 1 heterocycles. The van der Waals surface area contributed by atoms with Crippen molar-refractivity contribution in [2.24, 2.45) is 0 Å². The van der Waals surface area contributed by atoms with Gasteiger partial charge in [-0.25, -0.2) is 0 Å². The number of rotatable bonds is 7. The molecule has 21 heavy (non-hydrogen) atoms. The average Bonchev–Trinajstić information content (AvgIpc) is 2.80. The molecule has 1 aromatic carbocycles. The van der Waals surface area contributed by atoms with Crippen LogP contribution in [0.2, 0.25) is 0 Å². The predicted octanol–water partition coefficient (Wildman–Crippen LogP) is 2.95. The van der Waals surface area contributed by atoms with Crippen LogP contribution in [0.4, 0.5) is 0 Å². The van der Waals surface area contributed by atoms with Gasteiger partial charge in [-0.15, -0.1) is 0 Å². The van der Waals surface area contributed by atoms with Crippen molar-refractivity contribution in [3.63, 3.8) is 0 Å². The molecule has 114 valence electrons. The fourth-order valence-electron chi connectivity index (χ4n) is 2.37. The van der Waals surface area contributed by atoms with Crippen molar-refractivity contribution < 1.29 is 9.15 Å². The van der Waals surface area contributed by atoms with Crippen LogP contribution >= 0.6 is 0 Å². The first-order chi connectivity index (χ1) is 10.1. The number of nitrogens with zero attached hydrogens (tertiary/aromatic N) is 1. The van der Waals surface area contributed by atoms with Crippen molar-refractivity contribution in [1.82, 2.24) is 10.2 Å². The Morgan fingerprint density at radius 2 is 1.90 bits per heavy atom. The van der Waals surface area contributed by atoms with Crippen LogP contribution in [0.25, 0.3) is 0 Å². The molecule has 0 unspecified atom stereocenters. The Bertz CT molecular complexity index is 561. The lowest BCUT2D eigenvalue weighted by Gasteiger charge is -2.15. The van der Waals surface area contributed by atoms with Gasteiger partial charge in [-0.1, -0.05) is 12.1 Å². The summed E-state index contributed by atoms with van der Waals surface area (Å²) in [6.45, 7) is 4.54. The molecule has 0 amide bonds. The maximum atomic E-state index is 5.88. The summed E-state index contributed by atoms with van der Waals surface area (Å²) >= 11 is 0. The van der Waals surface area contributed by atoms with Crippen molar-refractivity contribution in [2.75, 3.05) is 21.2 Å². The van der Waals surface area contributed by atoms with Gasteiger partial charge in [-0.3, -0.25) is 4.90 Å². The highest BCUT2D eigenvalue weighted by molar-refractivity contribution is 5.27. The van der Waals surface area contributed by atoms with E-state index < -0.39 is 0 Å². The molecule has 0 aliphatic heterocycles. The van der Waals surface area contributed by atoms with Crippen molar-refractivity contribution >= 4 is 0 Å². The molecule has 0 radical (unpaired) electrons. The zero-order valence-corrected chi connectivity index (χ0v) is 13.3. The molecule has 0 fully saturated rings. The molecule has 0 saturated heterocycles. The summed E-state index contributed by atoms with van der Waals surface area (Å²) in [5.41, 5.74) is 2.47. The lowest BCUT2D eigenvalue weighted by atomic mass is 10.2. The highest BCUT2D eigenvalue weighted by Crippen LogP contribution is 2.17. The maximum absolute atomic E-state index is 5.88. The second-order valence-electron chi connectivity index (χ2n) is 5.37. The van der Waals surface area contributed by atoms with Gasteiger partial charge in [0.05, 0.1) is 20.2 Å². The summed E-state index contributed by atoms with van der Waals surface area (Å²) in [6, 6.07) is 10.3. The van der Waals surface area contributed by atoms with Gasteiger partial charge < -0.3 is 14.5 Å². The van der Waals surface area contributed by atoms with Gasteiger partial charge in [0.1, 0.15) is 17.3 Å². The number of benzene rings is 1. The number of methoxy groups -OCH3 is 1. The fourth-order valence-corrected chi connectivity index (χ4v) is 2.37. The molecule has 0 bridgehead atoms. The summed E-state index contributed by atoms with van der Waals surface area (Å²) in [6.07, 6.45) is 0. The lowest BCUT2D eigenvalue weighted by molar-refractivity contribution is 0.282. The molecule has 0 atom stereocenters. The smallest absolute Gasteiger partial charge is 0.120 e. The van der Waals surface area contributed by atoms with Crippen molar-refractivity contribution in [1.29, 1.82) is 0 Å². The lowest BCUT2D eigenvalue weighted by Crippen LogP contribution is -2.16. The van der Waals surface area contributed by atoms with E-state index in [1.54, 1.807) is 7.11 Å². The molecular formula is C17H24N2O2. The van der Waals surface area contributed by atoms with Crippen LogP contribution in [0.3, 0.4) is 0 Å². The van der Waals surface area contributed by atoms with E-state index in [1.807, 2.05) is 19.2 Å². The molecule has 2 aromatic rings. The van der Waals surface area contributed by atoms with Gasteiger partial charge in [-0.05, 0) is 50.3 Å². The first-order valence-corrected chi connectivity index (χ1v) is 7.16. The molecule has 1 N–H and O–H groups in total. The third-order valence-electron chi connectivity index (χ3n) is 3.45. The molecular weight excluding hydrogens is 264 g/mol. The van der Waals surface area contributed by atoms with E-state index in [0.717, 1.165) is 36.9 Å². The molecule has 0 spiro atoms. The number of ether oxygens (including phenoxy) is 1. The molecule has 0 saturated carbocycles. The van der Waals surface area contributed by atoms with Crippen molar-refractivity contribution in [2.45, 2.75) is 26.6 Å². The largest absolute Gasteiger partial charge is 0.497 e. The van der Waals surface area contributed by atoms with Gasteiger partial charge >= 0.3 is 0 Å². The van der Waals surface area contributed by atoms with Gasteiger partial charge in [0, 0.05) is 6.54 Å². The Balaban J connectivity index is 1.94. The Labute approximate surface area is 126 Å². The SMILES string of the molecule is CNCc1oc(CN(C)Cc2ccc(OC)cc2)cc1C. The highest BCUT2D eigenvalue weighted by Gasteiger charge is 2.09. The highest BCUT2D eigenvalue weighted by atomic mass is 16.5. The number of nitrogens with one attached hydrogen (secondary N) is 1. The third kappa shape index (κ3) is 4.34. The van der Waals surface area contributed by atoms with Crippen LogP contribution in [0.15, 0.2) is 34.7 Å². The van der Waals surface area contributed by atoms with Crippen LogP contribution < -0.4 is 10.1 Å². The minimum Gasteiger partial charge on any atom is -0.497 e. The molecule has 2 rings (SSSR count). The Morgan fingerprint density at radius 3 is 2.52 bits per heavy atom. The van der Waals surface area contributed by atoms with E-state index in [9.17, 15) is 0 Å². The van der Waals surface area contributed by atoms with E-state index in [-0.39, 0.29) is 0 Å². The van der Waals surface area contributed by atoms with E-state index in [0.29, 0.717) is 0 Å². The van der Waals surface area contributed by atoms with Crippen molar-refractivity contribution in [3.8, 4) is 5.75 Å². The van der Waals surface area contributed by atoms with Crippen LogP contribution in [0.1, 0.15) is 22.6 Å². The quantitative estimate of drug-likeness (QED) is 0.850. The zero-order chi connectivity index (χ0) is 15.2. The Morgan fingerprint density at radius 1 is 1.19 bits per heavy atom. The minimum atomic E-state index is 0.772. The zero-order valence-electron chi connectivity index (χ0n) is 13.3. The predicted molar refractivity (Wildman–Crippen MR) is 84.4 cm³/mol. The number of aryl methyl sites for hydroxylation is 1. The summed E-state index contributed by atoms with van der Waals surface area (Å²) in [5, 5.41) is 3.12. The number of hydrogen-bond acceptors (Lipinski definition) is 4. The molecule has 0 aliphatic carbocycles. The summed E-state index contributed by atoms with van der Waals surface area (Å²) in [7, 11) is 5.71. The monoisotopic (exact) mass is 288 g/mol. The topological polar surface area (TPSA) is 37.6 Å². The Hall–Kier alpha value is -1.78. The second-order valence-corrected chi connectivity index (χ2v) is 5.37. The van der Waals surface area contributed by atoms with E-state index >= 15 is 0 Å². The third-order valence-corrected chi connectivity index (χ3v) is 3.45. The number of hydrogen-bond donors (Lipinski definition) is 1. The Kier molecular flexibility index (Phi) is 5.42. The van der Waals surface area contributed by atoms with Crippen LogP contribution in [-0.2, 0) is 19.6 Å².